The Kier molecular flexibility index (Phi) is 3.24. The SMILES string of the molecule is Cc1noc(C)c1CNC(=O)[C@@H](C)N. The zero-order chi connectivity index (χ0) is 10.7. The van der Waals surface area contributed by atoms with E-state index in [0.717, 1.165) is 17.0 Å². The van der Waals surface area contributed by atoms with E-state index < -0.39 is 6.04 Å². The fraction of sp³-hybridized carbons (Fsp3) is 0.556. The first kappa shape index (κ1) is 10.7. The van der Waals surface area contributed by atoms with E-state index in [2.05, 4.69) is 10.5 Å². The van der Waals surface area contributed by atoms with Gasteiger partial charge in [0.2, 0.25) is 5.91 Å². The van der Waals surface area contributed by atoms with E-state index >= 15 is 0 Å². The monoisotopic (exact) mass is 197 g/mol. The number of hydrogen-bond acceptors (Lipinski definition) is 4. The molecule has 0 aliphatic heterocycles. The van der Waals surface area contributed by atoms with E-state index in [9.17, 15) is 4.79 Å². The van der Waals surface area contributed by atoms with Crippen LogP contribution < -0.4 is 11.1 Å². The molecule has 0 aliphatic rings. The van der Waals surface area contributed by atoms with Crippen molar-refractivity contribution in [2.24, 2.45) is 5.73 Å². The fourth-order valence-corrected chi connectivity index (χ4v) is 1.09. The van der Waals surface area contributed by atoms with Crippen LogP contribution in [0.15, 0.2) is 4.52 Å². The molecule has 0 aromatic carbocycles. The molecule has 1 heterocycles. The van der Waals surface area contributed by atoms with Gasteiger partial charge in [0, 0.05) is 12.1 Å². The summed E-state index contributed by atoms with van der Waals surface area (Å²) in [5.74, 6) is 0.553. The summed E-state index contributed by atoms with van der Waals surface area (Å²) in [6, 6.07) is -0.490. The van der Waals surface area contributed by atoms with E-state index in [1.165, 1.54) is 0 Å². The lowest BCUT2D eigenvalue weighted by molar-refractivity contribution is -0.122. The summed E-state index contributed by atoms with van der Waals surface area (Å²) in [5, 5.41) is 6.48. The Balaban J connectivity index is 2.58. The van der Waals surface area contributed by atoms with Crippen LogP contribution in [0.3, 0.4) is 0 Å². The number of nitrogens with zero attached hydrogens (tertiary/aromatic N) is 1. The highest BCUT2D eigenvalue weighted by molar-refractivity contribution is 5.80. The molecule has 0 radical (unpaired) electrons. The maximum atomic E-state index is 11.2. The van der Waals surface area contributed by atoms with Crippen LogP contribution in [0.1, 0.15) is 23.9 Å². The summed E-state index contributed by atoms with van der Waals surface area (Å²) in [5.41, 5.74) is 7.11. The minimum atomic E-state index is -0.490. The van der Waals surface area contributed by atoms with Crippen LogP contribution in [-0.4, -0.2) is 17.1 Å². The fourth-order valence-electron chi connectivity index (χ4n) is 1.09. The van der Waals surface area contributed by atoms with Gasteiger partial charge in [-0.05, 0) is 20.8 Å². The highest BCUT2D eigenvalue weighted by Crippen LogP contribution is 2.11. The summed E-state index contributed by atoms with van der Waals surface area (Å²) in [4.78, 5) is 11.2. The van der Waals surface area contributed by atoms with E-state index in [-0.39, 0.29) is 5.91 Å². The van der Waals surface area contributed by atoms with Crippen molar-refractivity contribution in [2.45, 2.75) is 33.4 Å². The molecule has 0 saturated carbocycles. The normalized spacial score (nSPS) is 12.6. The Hall–Kier alpha value is -1.36. The number of aromatic nitrogens is 1. The number of nitrogens with two attached hydrogens (primary N) is 1. The molecule has 0 bridgehead atoms. The Morgan fingerprint density at radius 1 is 1.64 bits per heavy atom. The highest BCUT2D eigenvalue weighted by Gasteiger charge is 2.11. The minimum Gasteiger partial charge on any atom is -0.361 e. The Morgan fingerprint density at radius 3 is 2.71 bits per heavy atom. The molecule has 1 aromatic rings. The van der Waals surface area contributed by atoms with Crippen LogP contribution in [0.25, 0.3) is 0 Å². The molecule has 14 heavy (non-hydrogen) atoms. The predicted octanol–water partition coefficient (Wildman–Crippen LogP) is 0.255. The third kappa shape index (κ3) is 2.32. The van der Waals surface area contributed by atoms with Crippen molar-refractivity contribution < 1.29 is 9.32 Å². The molecule has 0 unspecified atom stereocenters. The van der Waals surface area contributed by atoms with Crippen molar-refractivity contribution in [3.8, 4) is 0 Å². The van der Waals surface area contributed by atoms with E-state index in [1.807, 2.05) is 13.8 Å². The summed E-state index contributed by atoms with van der Waals surface area (Å²) >= 11 is 0. The van der Waals surface area contributed by atoms with Crippen molar-refractivity contribution >= 4 is 5.91 Å². The van der Waals surface area contributed by atoms with Gasteiger partial charge < -0.3 is 15.6 Å². The second kappa shape index (κ2) is 4.23. The van der Waals surface area contributed by atoms with Gasteiger partial charge in [-0.3, -0.25) is 4.79 Å². The molecule has 1 amide bonds. The number of amides is 1. The second-order valence-electron chi connectivity index (χ2n) is 3.31. The molecule has 1 aromatic heterocycles. The molecule has 5 heteroatoms. The van der Waals surface area contributed by atoms with Gasteiger partial charge in [-0.2, -0.15) is 0 Å². The molecular weight excluding hydrogens is 182 g/mol. The van der Waals surface area contributed by atoms with Crippen LogP contribution >= 0.6 is 0 Å². The topological polar surface area (TPSA) is 81.2 Å². The zero-order valence-electron chi connectivity index (χ0n) is 8.63. The molecule has 1 atom stereocenters. The number of carbonyl (C=O) groups excluding carboxylic acids is 1. The number of nitrogens with one attached hydrogen (secondary N) is 1. The maximum Gasteiger partial charge on any atom is 0.236 e. The van der Waals surface area contributed by atoms with Crippen LogP contribution in [0.4, 0.5) is 0 Å². The smallest absolute Gasteiger partial charge is 0.236 e. The van der Waals surface area contributed by atoms with Gasteiger partial charge in [-0.15, -0.1) is 0 Å². The second-order valence-corrected chi connectivity index (χ2v) is 3.31. The summed E-state index contributed by atoms with van der Waals surface area (Å²) in [7, 11) is 0. The number of hydrogen-bond donors (Lipinski definition) is 2. The molecule has 1 rings (SSSR count). The lowest BCUT2D eigenvalue weighted by Crippen LogP contribution is -2.37. The van der Waals surface area contributed by atoms with Crippen molar-refractivity contribution in [1.82, 2.24) is 10.5 Å². The highest BCUT2D eigenvalue weighted by atomic mass is 16.5. The van der Waals surface area contributed by atoms with Crippen LogP contribution in [0, 0.1) is 13.8 Å². The Morgan fingerprint density at radius 2 is 2.29 bits per heavy atom. The van der Waals surface area contributed by atoms with Crippen LogP contribution in [-0.2, 0) is 11.3 Å². The number of rotatable bonds is 3. The molecule has 5 nitrogen and oxygen atoms in total. The van der Waals surface area contributed by atoms with Crippen molar-refractivity contribution in [3.63, 3.8) is 0 Å². The first-order chi connectivity index (χ1) is 6.52. The standard InChI is InChI=1S/C9H15N3O2/c1-5(10)9(13)11-4-8-6(2)12-14-7(8)3/h5H,4,10H2,1-3H3,(H,11,13)/t5-/m1/s1. The third-order valence-corrected chi connectivity index (χ3v) is 2.03. The van der Waals surface area contributed by atoms with Crippen LogP contribution in [0.5, 0.6) is 0 Å². The van der Waals surface area contributed by atoms with Gasteiger partial charge in [-0.1, -0.05) is 5.16 Å². The van der Waals surface area contributed by atoms with E-state index in [4.69, 9.17) is 10.3 Å². The lowest BCUT2D eigenvalue weighted by Gasteiger charge is -2.06. The molecule has 78 valence electrons. The largest absolute Gasteiger partial charge is 0.361 e. The van der Waals surface area contributed by atoms with Gasteiger partial charge in [0.25, 0.3) is 0 Å². The van der Waals surface area contributed by atoms with Gasteiger partial charge >= 0.3 is 0 Å². The van der Waals surface area contributed by atoms with Crippen molar-refractivity contribution in [2.75, 3.05) is 0 Å². The summed E-state index contributed by atoms with van der Waals surface area (Å²) < 4.78 is 4.96. The van der Waals surface area contributed by atoms with Crippen LogP contribution in [0.2, 0.25) is 0 Å². The van der Waals surface area contributed by atoms with Crippen molar-refractivity contribution in [3.05, 3.63) is 17.0 Å². The van der Waals surface area contributed by atoms with E-state index in [1.54, 1.807) is 6.92 Å². The first-order valence-corrected chi connectivity index (χ1v) is 4.47. The first-order valence-electron chi connectivity index (χ1n) is 4.47. The van der Waals surface area contributed by atoms with Gasteiger partial charge in [0.15, 0.2) is 0 Å². The average Bonchev–Trinajstić information content (AvgIpc) is 2.43. The van der Waals surface area contributed by atoms with Crippen molar-refractivity contribution in [1.29, 1.82) is 0 Å². The maximum absolute atomic E-state index is 11.2. The quantitative estimate of drug-likeness (QED) is 0.728. The average molecular weight is 197 g/mol. The minimum absolute atomic E-state index is 0.176. The zero-order valence-corrected chi connectivity index (χ0v) is 8.63. The van der Waals surface area contributed by atoms with Gasteiger partial charge in [0.05, 0.1) is 11.7 Å². The summed E-state index contributed by atoms with van der Waals surface area (Å²) in [6.07, 6.45) is 0. The van der Waals surface area contributed by atoms with Gasteiger partial charge in [-0.25, -0.2) is 0 Å². The number of carbonyl (C=O) groups is 1. The summed E-state index contributed by atoms with van der Waals surface area (Å²) in [6.45, 7) is 5.71. The molecule has 0 fully saturated rings. The Labute approximate surface area is 82.6 Å². The molecule has 0 saturated heterocycles. The van der Waals surface area contributed by atoms with Gasteiger partial charge in [0.1, 0.15) is 5.76 Å². The third-order valence-electron chi connectivity index (χ3n) is 2.03. The molecule has 0 aliphatic carbocycles. The molecular formula is C9H15N3O2. The lowest BCUT2D eigenvalue weighted by atomic mass is 10.2. The molecule has 0 spiro atoms. The van der Waals surface area contributed by atoms with E-state index in [0.29, 0.717) is 6.54 Å². The molecule has 3 N–H and O–H groups in total. The predicted molar refractivity (Wildman–Crippen MR) is 51.5 cm³/mol. The number of aryl methyl sites for hydroxylation is 2. The Bertz CT molecular complexity index is 311.